The first-order valence-electron chi connectivity index (χ1n) is 10.4. The summed E-state index contributed by atoms with van der Waals surface area (Å²) in [4.78, 5) is 35.3. The van der Waals surface area contributed by atoms with E-state index in [9.17, 15) is 9.59 Å². The summed E-state index contributed by atoms with van der Waals surface area (Å²) >= 11 is 1.77. The Kier molecular flexibility index (Phi) is 5.54. The second-order valence-corrected chi connectivity index (χ2v) is 8.93. The number of ketones is 1. The maximum atomic E-state index is 13.2. The molecule has 4 rings (SSSR count). The molecule has 29 heavy (non-hydrogen) atoms. The molecular formula is C23H27N3O2S. The first-order chi connectivity index (χ1) is 14.0. The van der Waals surface area contributed by atoms with Gasteiger partial charge in [-0.3, -0.25) is 9.59 Å². The molecule has 1 aliphatic rings. The first kappa shape index (κ1) is 19.8. The van der Waals surface area contributed by atoms with Gasteiger partial charge in [0, 0.05) is 30.3 Å². The van der Waals surface area contributed by atoms with Crippen LogP contribution < -0.4 is 0 Å². The molecule has 0 unspecified atom stereocenters. The van der Waals surface area contributed by atoms with Gasteiger partial charge in [-0.25, -0.2) is 4.98 Å². The van der Waals surface area contributed by atoms with Gasteiger partial charge >= 0.3 is 0 Å². The van der Waals surface area contributed by atoms with Gasteiger partial charge in [-0.05, 0) is 50.8 Å². The van der Waals surface area contributed by atoms with E-state index in [0.29, 0.717) is 17.2 Å². The van der Waals surface area contributed by atoms with Crippen molar-refractivity contribution in [2.75, 3.05) is 13.1 Å². The Hall–Kier alpha value is -2.47. The predicted molar refractivity (Wildman–Crippen MR) is 117 cm³/mol. The van der Waals surface area contributed by atoms with Gasteiger partial charge in [-0.15, -0.1) is 11.3 Å². The largest absolute Gasteiger partial charge is 0.354 e. The lowest BCUT2D eigenvalue weighted by Gasteiger charge is -2.31. The fourth-order valence-electron chi connectivity index (χ4n) is 4.39. The number of benzene rings is 1. The van der Waals surface area contributed by atoms with E-state index in [-0.39, 0.29) is 11.7 Å². The third kappa shape index (κ3) is 3.73. The lowest BCUT2D eigenvalue weighted by Crippen LogP contribution is -2.38. The minimum Gasteiger partial charge on any atom is -0.354 e. The molecule has 6 heteroatoms. The zero-order valence-corrected chi connectivity index (χ0v) is 18.1. The van der Waals surface area contributed by atoms with Crippen molar-refractivity contribution in [1.29, 1.82) is 0 Å². The van der Waals surface area contributed by atoms with Crippen LogP contribution in [0.5, 0.6) is 0 Å². The number of likely N-dealkylation sites (tertiary alicyclic amines) is 1. The van der Waals surface area contributed by atoms with Crippen molar-refractivity contribution in [2.45, 2.75) is 52.4 Å². The van der Waals surface area contributed by atoms with Gasteiger partial charge in [-0.2, -0.15) is 0 Å². The van der Waals surface area contributed by atoms with Gasteiger partial charge in [0.15, 0.2) is 5.78 Å². The normalized spacial score (nSPS) is 15.2. The molecule has 0 atom stereocenters. The molecule has 1 fully saturated rings. The van der Waals surface area contributed by atoms with Gasteiger partial charge in [0.25, 0.3) is 5.91 Å². The number of nitrogens with zero attached hydrogens (tertiary/aromatic N) is 2. The van der Waals surface area contributed by atoms with Gasteiger partial charge < -0.3 is 9.88 Å². The van der Waals surface area contributed by atoms with Crippen molar-refractivity contribution in [3.8, 4) is 0 Å². The number of piperidine rings is 1. The molecule has 0 spiro atoms. The Labute approximate surface area is 175 Å². The Balaban J connectivity index is 1.50. The molecule has 1 saturated heterocycles. The number of rotatable bonds is 5. The van der Waals surface area contributed by atoms with Crippen LogP contribution >= 0.6 is 11.3 Å². The quantitative estimate of drug-likeness (QED) is 0.596. The number of aryl methyl sites for hydroxylation is 1. The van der Waals surface area contributed by atoms with Gasteiger partial charge in [0.2, 0.25) is 0 Å². The van der Waals surface area contributed by atoms with Crippen LogP contribution in [0, 0.1) is 6.92 Å². The summed E-state index contributed by atoms with van der Waals surface area (Å²) < 4.78 is 1.23. The van der Waals surface area contributed by atoms with Gasteiger partial charge in [0.1, 0.15) is 5.69 Å². The van der Waals surface area contributed by atoms with Crippen LogP contribution in [0.4, 0.5) is 0 Å². The molecule has 1 N–H and O–H groups in total. The number of thiazole rings is 1. The zero-order valence-electron chi connectivity index (χ0n) is 17.2. The van der Waals surface area contributed by atoms with Crippen LogP contribution in [0.2, 0.25) is 0 Å². The Bertz CT molecular complexity index is 1020. The number of carbonyl (C=O) groups excluding carboxylic acids is 2. The molecule has 2 aromatic heterocycles. The summed E-state index contributed by atoms with van der Waals surface area (Å²) in [5.41, 5.74) is 4.05. The number of hydrogen-bond acceptors (Lipinski definition) is 4. The fourth-order valence-corrected chi connectivity index (χ4v) is 5.52. The van der Waals surface area contributed by atoms with Crippen molar-refractivity contribution in [2.24, 2.45) is 0 Å². The van der Waals surface area contributed by atoms with E-state index in [1.165, 1.54) is 9.71 Å². The van der Waals surface area contributed by atoms with E-state index in [4.69, 9.17) is 4.98 Å². The molecule has 152 valence electrons. The molecule has 0 saturated carbocycles. The van der Waals surface area contributed by atoms with Crippen LogP contribution in [0.25, 0.3) is 10.2 Å². The molecule has 1 aromatic carbocycles. The van der Waals surface area contributed by atoms with Crippen LogP contribution in [-0.2, 0) is 6.42 Å². The average molecular weight is 410 g/mol. The standard InChI is InChI=1S/C23H27N3O2S/c1-4-7-17-20(15(3)27)14(2)24-21(17)23(28)26-12-10-16(11-13-26)22-25-18-8-5-6-9-19(18)29-22/h5-6,8-9,16,24H,4,7,10-13H2,1-3H3. The van der Waals surface area contributed by atoms with Gasteiger partial charge in [-0.1, -0.05) is 25.5 Å². The molecule has 0 radical (unpaired) electrons. The summed E-state index contributed by atoms with van der Waals surface area (Å²) in [7, 11) is 0. The fraction of sp³-hybridized carbons (Fsp3) is 0.435. The second-order valence-electron chi connectivity index (χ2n) is 7.87. The highest BCUT2D eigenvalue weighted by Gasteiger charge is 2.30. The highest BCUT2D eigenvalue weighted by atomic mass is 32.1. The van der Waals surface area contributed by atoms with Crippen LogP contribution in [0.15, 0.2) is 24.3 Å². The number of amides is 1. The van der Waals surface area contributed by atoms with Crippen LogP contribution in [0.1, 0.15) is 76.1 Å². The zero-order chi connectivity index (χ0) is 20.5. The van der Waals surface area contributed by atoms with Gasteiger partial charge in [0.05, 0.1) is 15.2 Å². The number of nitrogens with one attached hydrogen (secondary N) is 1. The van der Waals surface area contributed by atoms with E-state index in [2.05, 4.69) is 24.0 Å². The number of H-pyrrole nitrogens is 1. The monoisotopic (exact) mass is 409 g/mol. The maximum Gasteiger partial charge on any atom is 0.270 e. The van der Waals surface area contributed by atoms with Crippen LogP contribution in [0.3, 0.4) is 0 Å². The summed E-state index contributed by atoms with van der Waals surface area (Å²) in [5.74, 6) is 0.451. The molecule has 0 bridgehead atoms. The number of hydrogen-bond donors (Lipinski definition) is 1. The average Bonchev–Trinajstić information content (AvgIpc) is 3.29. The topological polar surface area (TPSA) is 66.1 Å². The lowest BCUT2D eigenvalue weighted by atomic mass is 9.96. The number of para-hydroxylation sites is 1. The number of Topliss-reactive ketones (excluding diaryl/α,β-unsaturated/α-hetero) is 1. The summed E-state index contributed by atoms with van der Waals surface area (Å²) in [5, 5.41) is 1.18. The Morgan fingerprint density at radius 2 is 1.97 bits per heavy atom. The predicted octanol–water partition coefficient (Wildman–Crippen LogP) is 5.11. The number of fused-ring (bicyclic) bond motifs is 1. The molecule has 5 nitrogen and oxygen atoms in total. The van der Waals surface area contributed by atoms with E-state index >= 15 is 0 Å². The summed E-state index contributed by atoms with van der Waals surface area (Å²) in [6, 6.07) is 8.25. The Morgan fingerprint density at radius 1 is 1.24 bits per heavy atom. The van der Waals surface area contributed by atoms with Crippen molar-refractivity contribution in [1.82, 2.24) is 14.9 Å². The third-order valence-corrected chi connectivity index (χ3v) is 7.00. The molecule has 0 aliphatic carbocycles. The second kappa shape index (κ2) is 8.11. The van der Waals surface area contributed by atoms with E-state index in [1.54, 1.807) is 18.3 Å². The van der Waals surface area contributed by atoms with E-state index in [0.717, 1.165) is 55.5 Å². The molecular weight excluding hydrogens is 382 g/mol. The molecule has 3 heterocycles. The summed E-state index contributed by atoms with van der Waals surface area (Å²) in [6.45, 7) is 6.97. The first-order valence-corrected chi connectivity index (χ1v) is 11.2. The smallest absolute Gasteiger partial charge is 0.270 e. The minimum atomic E-state index is 0.0202. The minimum absolute atomic E-state index is 0.0202. The van der Waals surface area contributed by atoms with E-state index in [1.807, 2.05) is 24.0 Å². The number of aromatic amines is 1. The van der Waals surface area contributed by atoms with Crippen molar-refractivity contribution < 1.29 is 9.59 Å². The SMILES string of the molecule is CCCc1c(C(=O)N2CCC(c3nc4ccccc4s3)CC2)[nH]c(C)c1C(C)=O. The molecule has 1 amide bonds. The van der Waals surface area contributed by atoms with Crippen molar-refractivity contribution in [3.05, 3.63) is 51.8 Å². The van der Waals surface area contributed by atoms with Crippen molar-refractivity contribution in [3.63, 3.8) is 0 Å². The van der Waals surface area contributed by atoms with Crippen molar-refractivity contribution >= 4 is 33.2 Å². The Morgan fingerprint density at radius 3 is 2.62 bits per heavy atom. The highest BCUT2D eigenvalue weighted by Crippen LogP contribution is 2.34. The molecule has 1 aliphatic heterocycles. The number of aromatic nitrogens is 2. The third-order valence-electron chi connectivity index (χ3n) is 5.80. The number of carbonyl (C=O) groups is 2. The van der Waals surface area contributed by atoms with Crippen LogP contribution in [-0.4, -0.2) is 39.6 Å². The maximum absolute atomic E-state index is 13.2. The highest BCUT2D eigenvalue weighted by molar-refractivity contribution is 7.18. The van der Waals surface area contributed by atoms with E-state index < -0.39 is 0 Å². The summed E-state index contributed by atoms with van der Waals surface area (Å²) in [6.07, 6.45) is 3.49. The molecule has 3 aromatic rings. The lowest BCUT2D eigenvalue weighted by molar-refractivity contribution is 0.0706.